The molecule has 1 aromatic carbocycles. The second-order valence-corrected chi connectivity index (χ2v) is 4.34. The first-order valence-electron chi connectivity index (χ1n) is 4.60. The van der Waals surface area contributed by atoms with Gasteiger partial charge < -0.3 is 10.4 Å². The van der Waals surface area contributed by atoms with Crippen molar-refractivity contribution in [3.05, 3.63) is 28.0 Å². The van der Waals surface area contributed by atoms with Gasteiger partial charge >= 0.3 is 0 Å². The van der Waals surface area contributed by atoms with E-state index in [9.17, 15) is 9.50 Å². The molecule has 0 aromatic heterocycles. The number of halogens is 2. The van der Waals surface area contributed by atoms with Gasteiger partial charge in [0.15, 0.2) is 11.6 Å². The van der Waals surface area contributed by atoms with Crippen molar-refractivity contribution in [2.24, 2.45) is 0 Å². The number of phenols is 1. The molecular weight excluding hydrogens is 249 g/mol. The molecule has 0 amide bonds. The van der Waals surface area contributed by atoms with Crippen LogP contribution in [-0.2, 0) is 0 Å². The first kappa shape index (κ1) is 9.93. The van der Waals surface area contributed by atoms with Crippen molar-refractivity contribution >= 4 is 15.9 Å². The highest BCUT2D eigenvalue weighted by molar-refractivity contribution is 9.10. The van der Waals surface area contributed by atoms with Crippen molar-refractivity contribution in [1.82, 2.24) is 5.32 Å². The number of nitrogens with one attached hydrogen (secondary N) is 1. The first-order chi connectivity index (χ1) is 6.68. The Morgan fingerprint density at radius 2 is 2.29 bits per heavy atom. The molecule has 1 aromatic rings. The number of benzene rings is 1. The fourth-order valence-corrected chi connectivity index (χ4v) is 2.21. The van der Waals surface area contributed by atoms with Gasteiger partial charge in [-0.05, 0) is 53.0 Å². The minimum absolute atomic E-state index is 0.224. The lowest BCUT2D eigenvalue weighted by Gasteiger charge is -2.11. The summed E-state index contributed by atoms with van der Waals surface area (Å²) in [7, 11) is 0. The largest absolute Gasteiger partial charge is 0.504 e. The number of aromatic hydroxyl groups is 1. The summed E-state index contributed by atoms with van der Waals surface area (Å²) in [5.41, 5.74) is 0.893. The molecule has 0 radical (unpaired) electrons. The Balaban J connectivity index is 2.34. The van der Waals surface area contributed by atoms with E-state index in [2.05, 4.69) is 21.2 Å². The van der Waals surface area contributed by atoms with E-state index in [1.165, 1.54) is 6.07 Å². The Morgan fingerprint density at radius 1 is 1.50 bits per heavy atom. The summed E-state index contributed by atoms with van der Waals surface area (Å²) in [5, 5.41) is 12.5. The Labute approximate surface area is 90.3 Å². The fraction of sp³-hybridized carbons (Fsp3) is 0.400. The summed E-state index contributed by atoms with van der Waals surface area (Å²) >= 11 is 3.13. The van der Waals surface area contributed by atoms with Crippen LogP contribution in [0.4, 0.5) is 4.39 Å². The zero-order chi connectivity index (χ0) is 10.1. The Kier molecular flexibility index (Phi) is 2.74. The summed E-state index contributed by atoms with van der Waals surface area (Å²) in [6, 6.07) is 3.38. The monoisotopic (exact) mass is 259 g/mol. The lowest BCUT2D eigenvalue weighted by molar-refractivity contribution is 0.427. The van der Waals surface area contributed by atoms with Crippen molar-refractivity contribution in [2.45, 2.75) is 18.9 Å². The van der Waals surface area contributed by atoms with Crippen LogP contribution in [0, 0.1) is 5.82 Å². The van der Waals surface area contributed by atoms with Crippen LogP contribution < -0.4 is 5.32 Å². The lowest BCUT2D eigenvalue weighted by Crippen LogP contribution is -2.12. The Hall–Kier alpha value is -0.610. The Bertz CT molecular complexity index is 327. The molecule has 0 spiro atoms. The van der Waals surface area contributed by atoms with Gasteiger partial charge in [-0.15, -0.1) is 0 Å². The average molecular weight is 260 g/mol. The topological polar surface area (TPSA) is 32.3 Å². The summed E-state index contributed by atoms with van der Waals surface area (Å²) in [6.45, 7) is 0.977. The summed E-state index contributed by atoms with van der Waals surface area (Å²) in [4.78, 5) is 0. The van der Waals surface area contributed by atoms with E-state index in [0.29, 0.717) is 4.47 Å². The predicted octanol–water partition coefficient (Wildman–Crippen LogP) is 2.72. The molecule has 2 nitrogen and oxygen atoms in total. The number of hydrogen-bond acceptors (Lipinski definition) is 2. The molecule has 1 aliphatic heterocycles. The zero-order valence-electron chi connectivity index (χ0n) is 7.56. The molecule has 0 aliphatic carbocycles. The maximum Gasteiger partial charge on any atom is 0.166 e. The number of hydrogen-bond donors (Lipinski definition) is 2. The minimum atomic E-state index is -0.567. The van der Waals surface area contributed by atoms with E-state index in [-0.39, 0.29) is 11.8 Å². The zero-order valence-corrected chi connectivity index (χ0v) is 9.14. The number of rotatable bonds is 1. The van der Waals surface area contributed by atoms with Gasteiger partial charge in [-0.1, -0.05) is 0 Å². The minimum Gasteiger partial charge on any atom is -0.504 e. The van der Waals surface area contributed by atoms with E-state index in [4.69, 9.17) is 0 Å². The van der Waals surface area contributed by atoms with Crippen molar-refractivity contribution in [2.75, 3.05) is 6.54 Å². The van der Waals surface area contributed by atoms with Gasteiger partial charge in [-0.25, -0.2) is 4.39 Å². The van der Waals surface area contributed by atoms with Gasteiger partial charge in [-0.3, -0.25) is 0 Å². The number of phenolic OH excluding ortho intramolecular Hbond substituents is 1. The summed E-state index contributed by atoms with van der Waals surface area (Å²) in [5.74, 6) is -0.880. The van der Waals surface area contributed by atoms with Crippen LogP contribution in [0.25, 0.3) is 0 Å². The van der Waals surface area contributed by atoms with E-state index < -0.39 is 5.82 Å². The molecule has 0 saturated carbocycles. The van der Waals surface area contributed by atoms with Crippen LogP contribution in [0.5, 0.6) is 5.75 Å². The van der Waals surface area contributed by atoms with Gasteiger partial charge in [-0.2, -0.15) is 0 Å². The standard InChI is InChI=1S/C10H11BrFNO/c11-7-4-6(5-8(12)10(7)14)9-2-1-3-13-9/h4-5,9,13-14H,1-3H2. The highest BCUT2D eigenvalue weighted by Crippen LogP contribution is 2.32. The smallest absolute Gasteiger partial charge is 0.166 e. The second kappa shape index (κ2) is 3.87. The van der Waals surface area contributed by atoms with Crippen LogP contribution in [0.15, 0.2) is 16.6 Å². The summed E-state index contributed by atoms with van der Waals surface area (Å²) in [6.07, 6.45) is 2.14. The average Bonchev–Trinajstić information content (AvgIpc) is 2.66. The molecule has 1 aliphatic rings. The molecular formula is C10H11BrFNO. The SMILES string of the molecule is Oc1c(F)cc(C2CCCN2)cc1Br. The Morgan fingerprint density at radius 3 is 2.86 bits per heavy atom. The molecule has 1 unspecified atom stereocenters. The molecule has 1 heterocycles. The highest BCUT2D eigenvalue weighted by atomic mass is 79.9. The lowest BCUT2D eigenvalue weighted by atomic mass is 10.1. The highest BCUT2D eigenvalue weighted by Gasteiger charge is 2.18. The third-order valence-corrected chi connectivity index (χ3v) is 3.11. The molecule has 4 heteroatoms. The van der Waals surface area contributed by atoms with E-state index in [1.807, 2.05) is 0 Å². The molecule has 1 saturated heterocycles. The van der Waals surface area contributed by atoms with Gasteiger partial charge in [0.05, 0.1) is 4.47 Å². The van der Waals surface area contributed by atoms with E-state index in [0.717, 1.165) is 24.9 Å². The van der Waals surface area contributed by atoms with Gasteiger partial charge in [0, 0.05) is 6.04 Å². The molecule has 1 atom stereocenters. The van der Waals surface area contributed by atoms with Crippen molar-refractivity contribution in [3.8, 4) is 5.75 Å². The molecule has 1 fully saturated rings. The first-order valence-corrected chi connectivity index (χ1v) is 5.39. The van der Waals surface area contributed by atoms with Gasteiger partial charge in [0.25, 0.3) is 0 Å². The second-order valence-electron chi connectivity index (χ2n) is 3.48. The molecule has 2 rings (SSSR count). The quantitative estimate of drug-likeness (QED) is 0.813. The maximum absolute atomic E-state index is 13.2. The molecule has 76 valence electrons. The van der Waals surface area contributed by atoms with Crippen LogP contribution in [0.2, 0.25) is 0 Å². The van der Waals surface area contributed by atoms with Crippen LogP contribution in [0.3, 0.4) is 0 Å². The van der Waals surface area contributed by atoms with Gasteiger partial charge in [0.1, 0.15) is 0 Å². The van der Waals surface area contributed by atoms with Crippen molar-refractivity contribution in [1.29, 1.82) is 0 Å². The third-order valence-electron chi connectivity index (χ3n) is 2.50. The fourth-order valence-electron chi connectivity index (χ4n) is 1.76. The van der Waals surface area contributed by atoms with Crippen LogP contribution >= 0.6 is 15.9 Å². The van der Waals surface area contributed by atoms with Crippen LogP contribution in [0.1, 0.15) is 24.4 Å². The van der Waals surface area contributed by atoms with Gasteiger partial charge in [0.2, 0.25) is 0 Å². The normalized spacial score (nSPS) is 21.4. The molecule has 14 heavy (non-hydrogen) atoms. The van der Waals surface area contributed by atoms with E-state index in [1.54, 1.807) is 6.07 Å². The van der Waals surface area contributed by atoms with Crippen molar-refractivity contribution < 1.29 is 9.50 Å². The predicted molar refractivity (Wildman–Crippen MR) is 55.7 cm³/mol. The van der Waals surface area contributed by atoms with Crippen LogP contribution in [-0.4, -0.2) is 11.7 Å². The maximum atomic E-state index is 13.2. The van der Waals surface area contributed by atoms with Crippen molar-refractivity contribution in [3.63, 3.8) is 0 Å². The molecule has 0 bridgehead atoms. The van der Waals surface area contributed by atoms with E-state index >= 15 is 0 Å². The summed E-state index contributed by atoms with van der Waals surface area (Å²) < 4.78 is 13.6. The third kappa shape index (κ3) is 1.77. The molecule has 2 N–H and O–H groups in total.